The summed E-state index contributed by atoms with van der Waals surface area (Å²) in [7, 11) is 0. The van der Waals surface area contributed by atoms with Crippen molar-refractivity contribution in [2.45, 2.75) is 19.3 Å². The molecule has 2 N–H and O–H groups in total. The molecule has 8 heteroatoms. The molecule has 0 aliphatic carbocycles. The van der Waals surface area contributed by atoms with Gasteiger partial charge in [-0.15, -0.1) is 0 Å². The molecule has 0 unspecified atom stereocenters. The molecule has 2 heterocycles. The molecule has 2 fully saturated rings. The number of amides is 3. The molecule has 0 radical (unpaired) electrons. The maximum absolute atomic E-state index is 12.6. The molecular formula is C23H26N4O4. The predicted molar refractivity (Wildman–Crippen MR) is 117 cm³/mol. The number of carbonyl (C=O) groups excluding carboxylic acids is 3. The first-order valence-corrected chi connectivity index (χ1v) is 10.5. The molecule has 3 amide bonds. The number of carbonyl (C=O) groups is 3. The Morgan fingerprint density at radius 1 is 0.968 bits per heavy atom. The Hall–Kier alpha value is -3.23. The zero-order valence-electron chi connectivity index (χ0n) is 17.3. The summed E-state index contributed by atoms with van der Waals surface area (Å²) in [6, 6.07) is 14.4. The van der Waals surface area contributed by atoms with E-state index in [0.29, 0.717) is 11.3 Å². The minimum Gasteiger partial charge on any atom is -0.379 e. The molecule has 2 aliphatic heterocycles. The van der Waals surface area contributed by atoms with Crippen LogP contribution in [0.5, 0.6) is 0 Å². The third-order valence-corrected chi connectivity index (χ3v) is 5.47. The lowest BCUT2D eigenvalue weighted by atomic mass is 10.1. The maximum Gasteiger partial charge on any atom is 0.255 e. The van der Waals surface area contributed by atoms with E-state index in [-0.39, 0.29) is 30.6 Å². The van der Waals surface area contributed by atoms with Gasteiger partial charge in [0.15, 0.2) is 0 Å². The lowest BCUT2D eigenvalue weighted by Gasteiger charge is -2.27. The standard InChI is InChI=1S/C23H26N4O4/c28-21-9-10-22(29)27(25-21)20-7-3-18(4-8-20)23(30)24-19-5-1-17(2-6-19)11-12-26-13-15-31-16-14-26/h1-8H,9-16H2,(H,24,30)(H,25,28). The first-order valence-electron chi connectivity index (χ1n) is 10.5. The van der Waals surface area contributed by atoms with Crippen molar-refractivity contribution in [1.82, 2.24) is 10.3 Å². The van der Waals surface area contributed by atoms with Gasteiger partial charge in [0.2, 0.25) is 11.8 Å². The lowest BCUT2D eigenvalue weighted by Crippen LogP contribution is -2.50. The van der Waals surface area contributed by atoms with Crippen molar-refractivity contribution in [1.29, 1.82) is 0 Å². The molecule has 31 heavy (non-hydrogen) atoms. The van der Waals surface area contributed by atoms with Gasteiger partial charge < -0.3 is 10.1 Å². The zero-order chi connectivity index (χ0) is 21.6. The first-order chi connectivity index (χ1) is 15.1. The van der Waals surface area contributed by atoms with Crippen LogP contribution in [0.25, 0.3) is 0 Å². The topological polar surface area (TPSA) is 91.0 Å². The van der Waals surface area contributed by atoms with Gasteiger partial charge >= 0.3 is 0 Å². The van der Waals surface area contributed by atoms with Gasteiger partial charge in [-0.3, -0.25) is 24.7 Å². The minimum absolute atomic E-state index is 0.175. The summed E-state index contributed by atoms with van der Waals surface area (Å²) < 4.78 is 5.37. The van der Waals surface area contributed by atoms with Crippen LogP contribution in [-0.4, -0.2) is 55.5 Å². The van der Waals surface area contributed by atoms with Gasteiger partial charge in [-0.05, 0) is 48.4 Å². The van der Waals surface area contributed by atoms with Gasteiger partial charge in [-0.25, -0.2) is 5.01 Å². The molecule has 0 bridgehead atoms. The molecule has 2 saturated heterocycles. The van der Waals surface area contributed by atoms with Gasteiger partial charge in [-0.1, -0.05) is 12.1 Å². The quantitative estimate of drug-likeness (QED) is 0.743. The molecule has 0 saturated carbocycles. The number of nitrogens with zero attached hydrogens (tertiary/aromatic N) is 2. The maximum atomic E-state index is 12.6. The Morgan fingerprint density at radius 2 is 1.68 bits per heavy atom. The van der Waals surface area contributed by atoms with Crippen molar-refractivity contribution >= 4 is 29.1 Å². The summed E-state index contributed by atoms with van der Waals surface area (Å²) >= 11 is 0. The van der Waals surface area contributed by atoms with Gasteiger partial charge in [-0.2, -0.15) is 0 Å². The number of hydrogen-bond donors (Lipinski definition) is 2. The molecule has 2 aliphatic rings. The van der Waals surface area contributed by atoms with Crippen LogP contribution in [0, 0.1) is 0 Å². The average molecular weight is 422 g/mol. The first kappa shape index (κ1) is 21.0. The highest BCUT2D eigenvalue weighted by molar-refractivity contribution is 6.05. The molecular weight excluding hydrogens is 396 g/mol. The monoisotopic (exact) mass is 422 g/mol. The van der Waals surface area contributed by atoms with E-state index in [0.717, 1.165) is 45.0 Å². The molecule has 8 nitrogen and oxygen atoms in total. The van der Waals surface area contributed by atoms with Gasteiger partial charge in [0.25, 0.3) is 5.91 Å². The van der Waals surface area contributed by atoms with E-state index in [2.05, 4.69) is 15.6 Å². The number of hydrogen-bond acceptors (Lipinski definition) is 5. The average Bonchev–Trinajstić information content (AvgIpc) is 2.81. The third kappa shape index (κ3) is 5.48. The van der Waals surface area contributed by atoms with Gasteiger partial charge in [0, 0.05) is 43.7 Å². The van der Waals surface area contributed by atoms with Gasteiger partial charge in [0.05, 0.1) is 18.9 Å². The fourth-order valence-corrected chi connectivity index (χ4v) is 3.62. The number of benzene rings is 2. The van der Waals surface area contributed by atoms with Crippen LogP contribution in [0.15, 0.2) is 48.5 Å². The molecule has 0 spiro atoms. The van der Waals surface area contributed by atoms with Crippen LogP contribution in [-0.2, 0) is 20.7 Å². The van der Waals surface area contributed by atoms with Crippen LogP contribution < -0.4 is 15.8 Å². The Kier molecular flexibility index (Phi) is 6.59. The predicted octanol–water partition coefficient (Wildman–Crippen LogP) is 1.97. The molecule has 0 aromatic heterocycles. The van der Waals surface area contributed by atoms with E-state index >= 15 is 0 Å². The second kappa shape index (κ2) is 9.72. The van der Waals surface area contributed by atoms with Crippen molar-refractivity contribution in [3.8, 4) is 0 Å². The van der Waals surface area contributed by atoms with E-state index in [1.165, 1.54) is 10.6 Å². The highest BCUT2D eigenvalue weighted by Crippen LogP contribution is 2.19. The van der Waals surface area contributed by atoms with Crippen LogP contribution in [0.1, 0.15) is 28.8 Å². The van der Waals surface area contributed by atoms with E-state index in [1.54, 1.807) is 24.3 Å². The largest absolute Gasteiger partial charge is 0.379 e. The molecule has 2 aromatic carbocycles. The van der Waals surface area contributed by atoms with E-state index in [1.807, 2.05) is 24.3 Å². The van der Waals surface area contributed by atoms with E-state index in [4.69, 9.17) is 4.74 Å². The van der Waals surface area contributed by atoms with Crippen molar-refractivity contribution in [2.75, 3.05) is 43.2 Å². The SMILES string of the molecule is O=C1CCC(=O)N(c2ccc(C(=O)Nc3ccc(CCN4CCOCC4)cc3)cc2)N1. The van der Waals surface area contributed by atoms with E-state index < -0.39 is 0 Å². The molecule has 4 rings (SSSR count). The molecule has 162 valence electrons. The highest BCUT2D eigenvalue weighted by Gasteiger charge is 2.24. The minimum atomic E-state index is -0.235. The summed E-state index contributed by atoms with van der Waals surface area (Å²) in [5.41, 5.74) is 5.49. The number of ether oxygens (including phenoxy) is 1. The summed E-state index contributed by atoms with van der Waals surface area (Å²) in [6.45, 7) is 4.56. The van der Waals surface area contributed by atoms with Crippen molar-refractivity contribution in [2.24, 2.45) is 0 Å². The smallest absolute Gasteiger partial charge is 0.255 e. The molecule has 2 aromatic rings. The Morgan fingerprint density at radius 3 is 2.39 bits per heavy atom. The van der Waals surface area contributed by atoms with Crippen molar-refractivity contribution in [3.05, 3.63) is 59.7 Å². The Balaban J connectivity index is 1.31. The van der Waals surface area contributed by atoms with Crippen LogP contribution in [0.2, 0.25) is 0 Å². The second-order valence-corrected chi connectivity index (χ2v) is 7.67. The second-order valence-electron chi connectivity index (χ2n) is 7.67. The Bertz CT molecular complexity index is 937. The Labute approximate surface area is 181 Å². The summed E-state index contributed by atoms with van der Waals surface area (Å²) in [5.74, 6) is -0.609. The van der Waals surface area contributed by atoms with Crippen molar-refractivity contribution in [3.63, 3.8) is 0 Å². The van der Waals surface area contributed by atoms with Crippen LogP contribution in [0.4, 0.5) is 11.4 Å². The normalized spacial score (nSPS) is 17.4. The lowest BCUT2D eigenvalue weighted by molar-refractivity contribution is -0.130. The zero-order valence-corrected chi connectivity index (χ0v) is 17.3. The fraction of sp³-hybridized carbons (Fsp3) is 0.348. The number of rotatable bonds is 6. The van der Waals surface area contributed by atoms with E-state index in [9.17, 15) is 14.4 Å². The van der Waals surface area contributed by atoms with Crippen LogP contribution in [0.3, 0.4) is 0 Å². The van der Waals surface area contributed by atoms with Gasteiger partial charge in [0.1, 0.15) is 0 Å². The summed E-state index contributed by atoms with van der Waals surface area (Å²) in [6.07, 6.45) is 1.33. The highest BCUT2D eigenvalue weighted by atomic mass is 16.5. The number of nitrogens with one attached hydrogen (secondary N) is 2. The third-order valence-electron chi connectivity index (χ3n) is 5.47. The van der Waals surface area contributed by atoms with Crippen LogP contribution >= 0.6 is 0 Å². The summed E-state index contributed by atoms with van der Waals surface area (Å²) in [5, 5.41) is 4.11. The summed E-state index contributed by atoms with van der Waals surface area (Å²) in [4.78, 5) is 38.5. The number of anilines is 2. The number of hydrazine groups is 1. The fourth-order valence-electron chi connectivity index (χ4n) is 3.62. The van der Waals surface area contributed by atoms with Crippen molar-refractivity contribution < 1.29 is 19.1 Å². The number of morpholine rings is 1. The molecule has 0 atom stereocenters.